The summed E-state index contributed by atoms with van der Waals surface area (Å²) in [5.41, 5.74) is -3.45. The second-order valence-electron chi connectivity index (χ2n) is 5.77. The van der Waals surface area contributed by atoms with Crippen LogP contribution in [0.5, 0.6) is 5.75 Å². The molecule has 2 aromatic rings. The molecule has 0 fully saturated rings. The number of benzene rings is 2. The van der Waals surface area contributed by atoms with Gasteiger partial charge < -0.3 is 4.74 Å². The molecule has 1 amide bonds. The Balaban J connectivity index is 2.32. The Hall–Kier alpha value is -2.42. The minimum atomic E-state index is -2.89. The van der Waals surface area contributed by atoms with Crippen molar-refractivity contribution < 1.29 is 35.9 Å². The average molecular weight is 511 g/mol. The number of alkyl halides is 2. The highest BCUT2D eigenvalue weighted by molar-refractivity contribution is 14.1. The highest BCUT2D eigenvalue weighted by Crippen LogP contribution is 2.45. The van der Waals surface area contributed by atoms with Crippen LogP contribution < -0.4 is 9.64 Å². The summed E-state index contributed by atoms with van der Waals surface area (Å²) in [6.07, 6.45) is 5.15. The molecule has 1 unspecified atom stereocenters. The lowest BCUT2D eigenvalue weighted by molar-refractivity contribution is -0.135. The zero-order valence-corrected chi connectivity index (χ0v) is 16.0. The summed E-state index contributed by atoms with van der Waals surface area (Å²) in [5.74, 6) is -8.06. The SMILES string of the molecule is C#CCN1C(=O)C(F)(I)Oc2cc(F)c(-c3c(F)c(F)c(C)c(F)c3F)cc21. The number of fused-ring (bicyclic) bond motifs is 1. The lowest BCUT2D eigenvalue weighted by atomic mass is 9.99. The van der Waals surface area contributed by atoms with E-state index in [4.69, 9.17) is 11.2 Å². The van der Waals surface area contributed by atoms with Gasteiger partial charge in [0.05, 0.1) is 17.8 Å². The summed E-state index contributed by atoms with van der Waals surface area (Å²) in [4.78, 5) is 12.9. The van der Waals surface area contributed by atoms with Crippen molar-refractivity contribution in [1.29, 1.82) is 0 Å². The molecule has 2 aromatic carbocycles. The normalized spacial score (nSPS) is 18.5. The molecule has 1 aliphatic heterocycles. The molecule has 0 bridgehead atoms. The number of hydrogen-bond donors (Lipinski definition) is 0. The molecule has 3 rings (SSSR count). The number of nitrogens with zero attached hydrogens (tertiary/aromatic N) is 1. The van der Waals surface area contributed by atoms with E-state index in [1.165, 1.54) is 0 Å². The largest absolute Gasteiger partial charge is 0.440 e. The van der Waals surface area contributed by atoms with Crippen LogP contribution in [-0.4, -0.2) is 16.3 Å². The Bertz CT molecular complexity index is 1030. The van der Waals surface area contributed by atoms with E-state index >= 15 is 0 Å². The van der Waals surface area contributed by atoms with Gasteiger partial charge in [0.15, 0.2) is 29.0 Å². The number of halogens is 7. The lowest BCUT2D eigenvalue weighted by Crippen LogP contribution is -2.49. The van der Waals surface area contributed by atoms with Gasteiger partial charge in [-0.1, -0.05) is 5.92 Å². The van der Waals surface area contributed by atoms with Crippen LogP contribution in [0.25, 0.3) is 11.1 Å². The average Bonchev–Trinajstić information content (AvgIpc) is 2.63. The maximum Gasteiger partial charge on any atom is 0.379 e. The second kappa shape index (κ2) is 6.88. The van der Waals surface area contributed by atoms with Gasteiger partial charge in [0.25, 0.3) is 0 Å². The van der Waals surface area contributed by atoms with Crippen molar-refractivity contribution in [2.24, 2.45) is 0 Å². The van der Waals surface area contributed by atoms with E-state index in [1.807, 2.05) is 0 Å². The van der Waals surface area contributed by atoms with E-state index in [0.29, 0.717) is 17.0 Å². The fourth-order valence-electron chi connectivity index (χ4n) is 2.70. The molecule has 146 valence electrons. The maximum atomic E-state index is 14.5. The number of rotatable bonds is 2. The zero-order valence-electron chi connectivity index (χ0n) is 13.8. The Morgan fingerprint density at radius 2 is 1.71 bits per heavy atom. The Labute approximate surface area is 168 Å². The van der Waals surface area contributed by atoms with E-state index in [1.54, 1.807) is 0 Å². The highest BCUT2D eigenvalue weighted by Gasteiger charge is 2.47. The molecule has 0 aliphatic carbocycles. The molecule has 1 heterocycles. The number of carbonyl (C=O) groups excluding carboxylic acids is 1. The monoisotopic (exact) mass is 511 g/mol. The third kappa shape index (κ3) is 2.97. The van der Waals surface area contributed by atoms with Crippen molar-refractivity contribution in [2.45, 2.75) is 10.8 Å². The van der Waals surface area contributed by atoms with Gasteiger partial charge in [-0.25, -0.2) is 22.0 Å². The zero-order chi connectivity index (χ0) is 21.0. The van der Waals surface area contributed by atoms with E-state index in [0.717, 1.165) is 29.5 Å². The molecule has 10 heteroatoms. The van der Waals surface area contributed by atoms with E-state index in [9.17, 15) is 31.1 Å². The van der Waals surface area contributed by atoms with E-state index in [-0.39, 0.29) is 5.69 Å². The number of carbonyl (C=O) groups is 1. The molecule has 1 atom stereocenters. The predicted octanol–water partition coefficient (Wildman–Crippen LogP) is 4.77. The number of terminal acetylenes is 1. The van der Waals surface area contributed by atoms with Gasteiger partial charge in [-0.05, 0) is 13.0 Å². The summed E-state index contributed by atoms with van der Waals surface area (Å²) < 4.78 is 87.1. The van der Waals surface area contributed by atoms with Crippen molar-refractivity contribution in [3.05, 3.63) is 46.8 Å². The second-order valence-corrected chi connectivity index (χ2v) is 7.16. The van der Waals surface area contributed by atoms with Crippen molar-refractivity contribution in [2.75, 3.05) is 11.4 Å². The van der Waals surface area contributed by atoms with Gasteiger partial charge in [-0.2, -0.15) is 4.39 Å². The van der Waals surface area contributed by atoms with Gasteiger partial charge in [-0.15, -0.1) is 6.42 Å². The van der Waals surface area contributed by atoms with Gasteiger partial charge in [-0.3, -0.25) is 9.69 Å². The standard InChI is InChI=1S/C18H8F6INO2/c1-3-4-26-10-5-8(9(19)6-11(10)28-18(24,25)17(26)27)12-15(22)13(20)7(2)14(21)16(12)23/h1,5-6H,4H2,2H3. The van der Waals surface area contributed by atoms with Crippen LogP contribution in [0.4, 0.5) is 32.0 Å². The molecule has 28 heavy (non-hydrogen) atoms. The minimum absolute atomic E-state index is 0.315. The third-order valence-corrected chi connectivity index (χ3v) is 4.75. The predicted molar refractivity (Wildman–Crippen MR) is 96.1 cm³/mol. The van der Waals surface area contributed by atoms with Crippen LogP contribution in [0.1, 0.15) is 5.56 Å². The molecule has 0 radical (unpaired) electrons. The number of hydrogen-bond acceptors (Lipinski definition) is 2. The van der Waals surface area contributed by atoms with Crippen LogP contribution in [0.15, 0.2) is 12.1 Å². The summed E-state index contributed by atoms with van der Waals surface area (Å²) in [5, 5.41) is 0. The van der Waals surface area contributed by atoms with Crippen LogP contribution in [0.2, 0.25) is 0 Å². The van der Waals surface area contributed by atoms with Crippen molar-refractivity contribution >= 4 is 34.2 Å². The molecule has 0 saturated carbocycles. The fraction of sp³-hybridized carbons (Fsp3) is 0.167. The Morgan fingerprint density at radius 3 is 2.25 bits per heavy atom. The van der Waals surface area contributed by atoms with Crippen molar-refractivity contribution in [3.63, 3.8) is 0 Å². The Morgan fingerprint density at radius 1 is 1.14 bits per heavy atom. The number of amides is 1. The number of anilines is 1. The third-order valence-electron chi connectivity index (χ3n) is 4.07. The van der Waals surface area contributed by atoms with E-state index < -0.39 is 67.8 Å². The van der Waals surface area contributed by atoms with E-state index in [2.05, 4.69) is 5.92 Å². The van der Waals surface area contributed by atoms with Crippen molar-refractivity contribution in [3.8, 4) is 29.2 Å². The van der Waals surface area contributed by atoms with Crippen molar-refractivity contribution in [1.82, 2.24) is 0 Å². The number of ether oxygens (including phenoxy) is 1. The molecule has 3 nitrogen and oxygen atoms in total. The van der Waals surface area contributed by atoms with Gasteiger partial charge in [0.1, 0.15) is 5.82 Å². The first-order chi connectivity index (χ1) is 13.0. The van der Waals surface area contributed by atoms with Crippen LogP contribution in [-0.2, 0) is 4.79 Å². The molecule has 1 aliphatic rings. The smallest absolute Gasteiger partial charge is 0.379 e. The van der Waals surface area contributed by atoms with Crippen LogP contribution in [0.3, 0.4) is 0 Å². The maximum absolute atomic E-state index is 14.5. The molecule has 0 saturated heterocycles. The first-order valence-corrected chi connectivity index (χ1v) is 8.57. The summed E-state index contributed by atoms with van der Waals surface area (Å²) in [6.45, 7) is 0.336. The fourth-order valence-corrected chi connectivity index (χ4v) is 3.23. The minimum Gasteiger partial charge on any atom is -0.440 e. The first kappa shape index (κ1) is 20.3. The topological polar surface area (TPSA) is 29.5 Å². The molecular weight excluding hydrogens is 503 g/mol. The first-order valence-electron chi connectivity index (χ1n) is 7.50. The summed E-state index contributed by atoms with van der Waals surface area (Å²) in [6, 6.07) is 1.25. The molecule has 0 N–H and O–H groups in total. The van der Waals surface area contributed by atoms with Gasteiger partial charge in [0.2, 0.25) is 0 Å². The molecule has 0 aromatic heterocycles. The molecular formula is C18H8F6INO2. The van der Waals surface area contributed by atoms with Crippen LogP contribution >= 0.6 is 22.6 Å². The lowest BCUT2D eigenvalue weighted by Gasteiger charge is -2.34. The van der Waals surface area contributed by atoms with Gasteiger partial charge in [0, 0.05) is 39.8 Å². The molecule has 0 spiro atoms. The quantitative estimate of drug-likeness (QED) is 0.191. The van der Waals surface area contributed by atoms with Gasteiger partial charge >= 0.3 is 9.77 Å². The highest BCUT2D eigenvalue weighted by atomic mass is 127. The Kier molecular flexibility index (Phi) is 4.99. The summed E-state index contributed by atoms with van der Waals surface area (Å²) >= 11 is 1.03. The summed E-state index contributed by atoms with van der Waals surface area (Å²) in [7, 11) is 0. The van der Waals surface area contributed by atoms with Crippen LogP contribution in [0, 0.1) is 48.4 Å².